The van der Waals surface area contributed by atoms with E-state index in [1.165, 1.54) is 6.33 Å². The molecular weight excluding hydrogens is 386 g/mol. The fourth-order valence-corrected chi connectivity index (χ4v) is 4.06. The lowest BCUT2D eigenvalue weighted by atomic mass is 10.2. The van der Waals surface area contributed by atoms with Crippen LogP contribution in [0.4, 0.5) is 11.6 Å². The minimum atomic E-state index is -0.130. The molecule has 1 aliphatic carbocycles. The van der Waals surface area contributed by atoms with Crippen LogP contribution in [0.2, 0.25) is 0 Å². The molecule has 6 rings (SSSR count). The molecule has 4 aromatic rings. The molecule has 0 atom stereocenters. The number of pyridine rings is 1. The van der Waals surface area contributed by atoms with Gasteiger partial charge < -0.3 is 15.1 Å². The summed E-state index contributed by atoms with van der Waals surface area (Å²) in [6.45, 7) is 3.93. The zero-order valence-corrected chi connectivity index (χ0v) is 16.7. The van der Waals surface area contributed by atoms with Gasteiger partial charge in [0.25, 0.3) is 0 Å². The number of nitrogens with zero attached hydrogens (tertiary/aromatic N) is 8. The maximum atomic E-state index is 13.0. The Kier molecular flexibility index (Phi) is 3.49. The molecule has 1 N–H and O–H groups in total. The number of nitrogens with one attached hydrogen (secondary N) is 1. The first-order valence-corrected chi connectivity index (χ1v) is 9.94. The van der Waals surface area contributed by atoms with E-state index in [0.717, 1.165) is 29.7 Å². The Morgan fingerprint density at radius 1 is 1.27 bits per heavy atom. The zero-order chi connectivity index (χ0) is 20.5. The van der Waals surface area contributed by atoms with Crippen molar-refractivity contribution in [3.05, 3.63) is 40.8 Å². The van der Waals surface area contributed by atoms with Gasteiger partial charge in [-0.05, 0) is 31.4 Å². The lowest BCUT2D eigenvalue weighted by Gasteiger charge is -2.34. The number of rotatable bonds is 3. The van der Waals surface area contributed by atoms with Gasteiger partial charge in [0.05, 0.1) is 43.4 Å². The van der Waals surface area contributed by atoms with E-state index in [1.54, 1.807) is 27.0 Å². The molecule has 1 aliphatic heterocycles. The molecule has 1 saturated carbocycles. The van der Waals surface area contributed by atoms with Crippen LogP contribution in [-0.2, 0) is 11.8 Å². The van der Waals surface area contributed by atoms with Gasteiger partial charge in [-0.15, -0.1) is 0 Å². The number of aryl methyl sites for hydroxylation is 2. The second kappa shape index (κ2) is 6.02. The van der Waals surface area contributed by atoms with Gasteiger partial charge in [0.15, 0.2) is 11.3 Å². The summed E-state index contributed by atoms with van der Waals surface area (Å²) in [5.74, 6) is 0.416. The van der Waals surface area contributed by atoms with Crippen LogP contribution < -0.4 is 16.0 Å². The Morgan fingerprint density at radius 2 is 2.13 bits per heavy atom. The fraction of sp³-hybridized carbons (Fsp3) is 0.421. The van der Waals surface area contributed by atoms with Gasteiger partial charge in [0.2, 0.25) is 5.95 Å². The van der Waals surface area contributed by atoms with Crippen LogP contribution in [0.25, 0.3) is 16.8 Å². The van der Waals surface area contributed by atoms with E-state index in [0.29, 0.717) is 36.8 Å². The van der Waals surface area contributed by atoms with Crippen molar-refractivity contribution in [2.24, 2.45) is 7.05 Å². The summed E-state index contributed by atoms with van der Waals surface area (Å²) in [6.07, 6.45) is 7.11. The van der Waals surface area contributed by atoms with Crippen LogP contribution in [0.5, 0.6) is 0 Å². The molecule has 11 heteroatoms. The smallest absolute Gasteiger partial charge is 0.349 e. The molecule has 5 heterocycles. The molecule has 1 spiro atoms. The number of morpholine rings is 1. The maximum Gasteiger partial charge on any atom is 0.349 e. The molecule has 0 amide bonds. The minimum absolute atomic E-state index is 0.0989. The Hall–Kier alpha value is -3.47. The van der Waals surface area contributed by atoms with Crippen molar-refractivity contribution in [2.45, 2.75) is 25.4 Å². The van der Waals surface area contributed by atoms with Crippen LogP contribution in [0, 0.1) is 6.92 Å². The highest BCUT2D eigenvalue weighted by molar-refractivity contribution is 5.73. The van der Waals surface area contributed by atoms with Gasteiger partial charge in [-0.2, -0.15) is 14.8 Å². The van der Waals surface area contributed by atoms with Crippen molar-refractivity contribution in [3.63, 3.8) is 0 Å². The highest BCUT2D eigenvalue weighted by Crippen LogP contribution is 2.41. The van der Waals surface area contributed by atoms with Crippen LogP contribution in [-0.4, -0.2) is 59.1 Å². The molecular formula is C19H21N9O2. The molecule has 4 aromatic heterocycles. The van der Waals surface area contributed by atoms with Gasteiger partial charge in [-0.25, -0.2) is 19.3 Å². The predicted octanol–water partition coefficient (Wildman–Crippen LogP) is 0.726. The van der Waals surface area contributed by atoms with Crippen LogP contribution >= 0.6 is 0 Å². The number of aromatic nitrogens is 7. The van der Waals surface area contributed by atoms with E-state index in [1.807, 2.05) is 24.2 Å². The van der Waals surface area contributed by atoms with Crippen LogP contribution in [0.15, 0.2) is 29.6 Å². The summed E-state index contributed by atoms with van der Waals surface area (Å²) >= 11 is 0. The predicted molar refractivity (Wildman–Crippen MR) is 110 cm³/mol. The summed E-state index contributed by atoms with van der Waals surface area (Å²) < 4.78 is 10.8. The maximum absolute atomic E-state index is 13.0. The van der Waals surface area contributed by atoms with Crippen molar-refractivity contribution in [1.82, 2.24) is 33.8 Å². The first-order chi connectivity index (χ1) is 14.5. The summed E-state index contributed by atoms with van der Waals surface area (Å²) in [7, 11) is 1.74. The van der Waals surface area contributed by atoms with E-state index in [2.05, 4.69) is 20.4 Å². The molecule has 30 heavy (non-hydrogen) atoms. The van der Waals surface area contributed by atoms with Gasteiger partial charge in [-0.1, -0.05) is 0 Å². The summed E-state index contributed by atoms with van der Waals surface area (Å²) in [5.41, 5.74) is 3.62. The highest BCUT2D eigenvalue weighted by atomic mass is 16.5. The minimum Gasteiger partial charge on any atom is -0.371 e. The Labute approximate surface area is 170 Å². The number of imidazole rings is 1. The Bertz CT molecular complexity index is 1350. The van der Waals surface area contributed by atoms with Crippen LogP contribution in [0.3, 0.4) is 0 Å². The van der Waals surface area contributed by atoms with Crippen molar-refractivity contribution < 1.29 is 4.74 Å². The summed E-state index contributed by atoms with van der Waals surface area (Å²) in [4.78, 5) is 26.3. The molecule has 0 bridgehead atoms. The standard InChI is InChI=1S/C19H21N9O2/c1-12-7-15-21-11-22-27(15)9-13(12)23-17-20-8-14-16(24-17)28(18(29)25(14)2)26-5-6-30-19(10-26)3-4-19/h7-9,11H,3-6,10H2,1-2H3,(H,20,23,24). The average molecular weight is 407 g/mol. The monoisotopic (exact) mass is 407 g/mol. The second-order valence-corrected chi connectivity index (χ2v) is 8.03. The lowest BCUT2D eigenvalue weighted by molar-refractivity contribution is 0.0119. The van der Waals surface area contributed by atoms with Crippen molar-refractivity contribution in [2.75, 3.05) is 30.0 Å². The van der Waals surface area contributed by atoms with Gasteiger partial charge in [-0.3, -0.25) is 4.57 Å². The molecule has 0 radical (unpaired) electrons. The first-order valence-electron chi connectivity index (χ1n) is 9.94. The summed E-state index contributed by atoms with van der Waals surface area (Å²) in [5, 5.41) is 9.48. The quantitative estimate of drug-likeness (QED) is 0.530. The van der Waals surface area contributed by atoms with Gasteiger partial charge >= 0.3 is 5.69 Å². The van der Waals surface area contributed by atoms with Crippen LogP contribution in [0.1, 0.15) is 18.4 Å². The normalized spacial score (nSPS) is 17.9. The number of fused-ring (bicyclic) bond motifs is 2. The molecule has 0 unspecified atom stereocenters. The topological polar surface area (TPSA) is 107 Å². The van der Waals surface area contributed by atoms with E-state index in [9.17, 15) is 4.79 Å². The third kappa shape index (κ3) is 2.58. The average Bonchev–Trinajstić information content (AvgIpc) is 3.22. The Morgan fingerprint density at radius 3 is 2.97 bits per heavy atom. The number of hydrogen-bond acceptors (Lipinski definition) is 8. The summed E-state index contributed by atoms with van der Waals surface area (Å²) in [6, 6.07) is 1.94. The van der Waals surface area contributed by atoms with E-state index < -0.39 is 0 Å². The molecule has 154 valence electrons. The van der Waals surface area contributed by atoms with Gasteiger partial charge in [0, 0.05) is 7.05 Å². The molecule has 0 aromatic carbocycles. The van der Waals surface area contributed by atoms with Crippen molar-refractivity contribution >= 4 is 28.4 Å². The van der Waals surface area contributed by atoms with E-state index >= 15 is 0 Å². The second-order valence-electron chi connectivity index (χ2n) is 8.03. The SMILES string of the molecule is Cc1cc2ncnn2cc1Nc1ncc2c(n1)n(N1CCOC3(CC3)C1)c(=O)n2C. The molecule has 11 nitrogen and oxygen atoms in total. The van der Waals surface area contributed by atoms with Crippen molar-refractivity contribution in [1.29, 1.82) is 0 Å². The van der Waals surface area contributed by atoms with E-state index in [4.69, 9.17) is 9.72 Å². The number of anilines is 2. The Balaban J connectivity index is 1.42. The molecule has 2 aliphatic rings. The highest BCUT2D eigenvalue weighted by Gasteiger charge is 2.48. The third-order valence-electron chi connectivity index (χ3n) is 5.97. The number of hydrogen-bond donors (Lipinski definition) is 1. The third-order valence-corrected chi connectivity index (χ3v) is 5.97. The van der Waals surface area contributed by atoms with Crippen molar-refractivity contribution in [3.8, 4) is 0 Å². The lowest BCUT2D eigenvalue weighted by Crippen LogP contribution is -2.53. The largest absolute Gasteiger partial charge is 0.371 e. The molecule has 1 saturated heterocycles. The van der Waals surface area contributed by atoms with Gasteiger partial charge in [0.1, 0.15) is 11.8 Å². The number of ether oxygens (including phenoxy) is 1. The van der Waals surface area contributed by atoms with E-state index in [-0.39, 0.29) is 11.3 Å². The zero-order valence-electron chi connectivity index (χ0n) is 16.7. The first kappa shape index (κ1) is 17.4. The fourth-order valence-electron chi connectivity index (χ4n) is 4.06. The molecule has 2 fully saturated rings.